The molecule has 1 fully saturated rings. The standard InChI is InChI=1S/C10H20N2O4/c1-8-6-16-9(5-13)4-12(8)10(14)7-15-3-2-11/h8-9,13H,2-7,11H2,1H3. The number of aliphatic hydroxyl groups is 1. The van der Waals surface area contributed by atoms with Gasteiger partial charge in [-0.15, -0.1) is 0 Å². The number of nitrogens with two attached hydrogens (primary N) is 1. The van der Waals surface area contributed by atoms with Gasteiger partial charge in [0.2, 0.25) is 5.91 Å². The van der Waals surface area contributed by atoms with Crippen molar-refractivity contribution in [2.75, 3.05) is 39.5 Å². The van der Waals surface area contributed by atoms with Crippen molar-refractivity contribution in [2.45, 2.75) is 19.1 Å². The smallest absolute Gasteiger partial charge is 0.248 e. The molecule has 6 nitrogen and oxygen atoms in total. The van der Waals surface area contributed by atoms with Crippen LogP contribution in [0.3, 0.4) is 0 Å². The van der Waals surface area contributed by atoms with E-state index in [0.717, 1.165) is 0 Å². The predicted molar refractivity (Wildman–Crippen MR) is 57.9 cm³/mol. The highest BCUT2D eigenvalue weighted by Crippen LogP contribution is 2.11. The van der Waals surface area contributed by atoms with E-state index in [4.69, 9.17) is 20.3 Å². The highest BCUT2D eigenvalue weighted by molar-refractivity contribution is 5.77. The van der Waals surface area contributed by atoms with Gasteiger partial charge in [-0.05, 0) is 6.92 Å². The maximum absolute atomic E-state index is 11.8. The third kappa shape index (κ3) is 3.71. The Morgan fingerprint density at radius 2 is 2.44 bits per heavy atom. The first-order chi connectivity index (χ1) is 7.69. The third-order valence-corrected chi connectivity index (χ3v) is 2.52. The summed E-state index contributed by atoms with van der Waals surface area (Å²) in [4.78, 5) is 13.4. The summed E-state index contributed by atoms with van der Waals surface area (Å²) in [6.45, 7) is 3.55. The van der Waals surface area contributed by atoms with Gasteiger partial charge >= 0.3 is 0 Å². The van der Waals surface area contributed by atoms with E-state index in [1.165, 1.54) is 0 Å². The molecule has 1 saturated heterocycles. The summed E-state index contributed by atoms with van der Waals surface area (Å²) in [7, 11) is 0. The molecule has 1 aliphatic heterocycles. The SMILES string of the molecule is CC1COC(CO)CN1C(=O)COCCN. The molecule has 1 heterocycles. The molecule has 1 aliphatic rings. The Bertz CT molecular complexity index is 225. The molecule has 0 aromatic rings. The third-order valence-electron chi connectivity index (χ3n) is 2.52. The van der Waals surface area contributed by atoms with Crippen molar-refractivity contribution >= 4 is 5.91 Å². The van der Waals surface area contributed by atoms with Gasteiger partial charge in [-0.25, -0.2) is 0 Å². The van der Waals surface area contributed by atoms with Crippen LogP contribution in [-0.2, 0) is 14.3 Å². The molecule has 16 heavy (non-hydrogen) atoms. The fourth-order valence-corrected chi connectivity index (χ4v) is 1.60. The van der Waals surface area contributed by atoms with Gasteiger partial charge < -0.3 is 25.2 Å². The number of ether oxygens (including phenoxy) is 2. The molecule has 1 amide bonds. The Hall–Kier alpha value is -0.690. The van der Waals surface area contributed by atoms with Crippen LogP contribution in [0.25, 0.3) is 0 Å². The number of hydrogen-bond donors (Lipinski definition) is 2. The second-order valence-electron chi connectivity index (χ2n) is 3.87. The first kappa shape index (κ1) is 13.4. The lowest BCUT2D eigenvalue weighted by Gasteiger charge is -2.37. The van der Waals surface area contributed by atoms with Crippen LogP contribution < -0.4 is 5.73 Å². The quantitative estimate of drug-likeness (QED) is 0.568. The zero-order valence-electron chi connectivity index (χ0n) is 9.59. The van der Waals surface area contributed by atoms with E-state index in [9.17, 15) is 4.79 Å². The van der Waals surface area contributed by atoms with Crippen molar-refractivity contribution in [3.63, 3.8) is 0 Å². The van der Waals surface area contributed by atoms with Crippen molar-refractivity contribution in [3.8, 4) is 0 Å². The molecule has 0 aromatic heterocycles. The first-order valence-corrected chi connectivity index (χ1v) is 5.48. The summed E-state index contributed by atoms with van der Waals surface area (Å²) in [6, 6.07) is 0.0248. The van der Waals surface area contributed by atoms with Crippen LogP contribution in [0.5, 0.6) is 0 Å². The summed E-state index contributed by atoms with van der Waals surface area (Å²) in [5.41, 5.74) is 5.26. The molecule has 0 aromatic carbocycles. The number of morpholine rings is 1. The van der Waals surface area contributed by atoms with E-state index in [1.54, 1.807) is 4.90 Å². The van der Waals surface area contributed by atoms with Crippen LogP contribution in [-0.4, -0.2) is 67.6 Å². The van der Waals surface area contributed by atoms with Gasteiger partial charge in [0.25, 0.3) is 0 Å². The Kier molecular flexibility index (Phi) is 5.68. The topological polar surface area (TPSA) is 85.0 Å². The largest absolute Gasteiger partial charge is 0.394 e. The summed E-state index contributed by atoms with van der Waals surface area (Å²) in [6.07, 6.45) is -0.283. The fraction of sp³-hybridized carbons (Fsp3) is 0.900. The average molecular weight is 232 g/mol. The molecule has 0 bridgehead atoms. The summed E-state index contributed by atoms with van der Waals surface area (Å²) >= 11 is 0. The van der Waals surface area contributed by atoms with E-state index in [-0.39, 0.29) is 31.3 Å². The molecule has 0 saturated carbocycles. The summed E-state index contributed by atoms with van der Waals surface area (Å²) in [5.74, 6) is -0.0808. The molecule has 1 rings (SSSR count). The summed E-state index contributed by atoms with van der Waals surface area (Å²) in [5, 5.41) is 8.98. The maximum Gasteiger partial charge on any atom is 0.248 e. The van der Waals surface area contributed by atoms with Crippen LogP contribution in [0.4, 0.5) is 0 Å². The van der Waals surface area contributed by atoms with Crippen LogP contribution in [0.2, 0.25) is 0 Å². The first-order valence-electron chi connectivity index (χ1n) is 5.48. The molecule has 0 radical (unpaired) electrons. The molecular weight excluding hydrogens is 212 g/mol. The van der Waals surface area contributed by atoms with Crippen LogP contribution in [0.1, 0.15) is 6.92 Å². The van der Waals surface area contributed by atoms with Gasteiger partial charge in [-0.1, -0.05) is 0 Å². The van der Waals surface area contributed by atoms with Crippen molar-refractivity contribution < 1.29 is 19.4 Å². The van der Waals surface area contributed by atoms with Gasteiger partial charge in [0, 0.05) is 13.1 Å². The predicted octanol–water partition coefficient (Wildman–Crippen LogP) is -1.43. The van der Waals surface area contributed by atoms with Crippen molar-refractivity contribution in [1.82, 2.24) is 4.90 Å². The molecule has 0 aliphatic carbocycles. The number of nitrogens with zero attached hydrogens (tertiary/aromatic N) is 1. The van der Waals surface area contributed by atoms with Crippen LogP contribution in [0, 0.1) is 0 Å². The minimum atomic E-state index is -0.283. The molecule has 2 atom stereocenters. The minimum Gasteiger partial charge on any atom is -0.394 e. The molecule has 94 valence electrons. The highest BCUT2D eigenvalue weighted by Gasteiger charge is 2.28. The average Bonchev–Trinajstić information content (AvgIpc) is 2.30. The lowest BCUT2D eigenvalue weighted by Crippen LogP contribution is -2.53. The normalized spacial score (nSPS) is 25.8. The van der Waals surface area contributed by atoms with Gasteiger partial charge in [0.05, 0.1) is 32.0 Å². The van der Waals surface area contributed by atoms with E-state index < -0.39 is 0 Å². The van der Waals surface area contributed by atoms with Gasteiger partial charge in [-0.3, -0.25) is 4.79 Å². The van der Waals surface area contributed by atoms with Crippen molar-refractivity contribution in [1.29, 1.82) is 0 Å². The number of hydrogen-bond acceptors (Lipinski definition) is 5. The Labute approximate surface area is 95.3 Å². The number of carbonyl (C=O) groups excluding carboxylic acids is 1. The lowest BCUT2D eigenvalue weighted by molar-refractivity contribution is -0.150. The van der Waals surface area contributed by atoms with Gasteiger partial charge in [0.1, 0.15) is 6.61 Å². The Morgan fingerprint density at radius 3 is 3.06 bits per heavy atom. The van der Waals surface area contributed by atoms with Crippen molar-refractivity contribution in [2.24, 2.45) is 5.73 Å². The van der Waals surface area contributed by atoms with E-state index in [2.05, 4.69) is 0 Å². The Morgan fingerprint density at radius 1 is 1.69 bits per heavy atom. The molecule has 0 spiro atoms. The number of amides is 1. The van der Waals surface area contributed by atoms with E-state index in [1.807, 2.05) is 6.92 Å². The zero-order chi connectivity index (χ0) is 12.0. The maximum atomic E-state index is 11.8. The molecule has 3 N–H and O–H groups in total. The second kappa shape index (κ2) is 6.80. The summed E-state index contributed by atoms with van der Waals surface area (Å²) < 4.78 is 10.4. The van der Waals surface area contributed by atoms with Crippen molar-refractivity contribution in [3.05, 3.63) is 0 Å². The van der Waals surface area contributed by atoms with Gasteiger partial charge in [-0.2, -0.15) is 0 Å². The number of aliphatic hydroxyl groups excluding tert-OH is 1. The minimum absolute atomic E-state index is 0.0248. The highest BCUT2D eigenvalue weighted by atomic mass is 16.5. The lowest BCUT2D eigenvalue weighted by atomic mass is 10.2. The fourth-order valence-electron chi connectivity index (χ4n) is 1.60. The van der Waals surface area contributed by atoms with Crippen LogP contribution in [0.15, 0.2) is 0 Å². The van der Waals surface area contributed by atoms with Gasteiger partial charge in [0.15, 0.2) is 0 Å². The van der Waals surface area contributed by atoms with Crippen LogP contribution >= 0.6 is 0 Å². The number of rotatable bonds is 5. The molecule has 2 unspecified atom stereocenters. The number of carbonyl (C=O) groups is 1. The van der Waals surface area contributed by atoms with E-state index in [0.29, 0.717) is 26.3 Å². The molecular formula is C10H20N2O4. The van der Waals surface area contributed by atoms with E-state index >= 15 is 0 Å². The Balaban J connectivity index is 2.39. The monoisotopic (exact) mass is 232 g/mol. The molecule has 6 heteroatoms. The second-order valence-corrected chi connectivity index (χ2v) is 3.87. The zero-order valence-corrected chi connectivity index (χ0v) is 9.59.